The summed E-state index contributed by atoms with van der Waals surface area (Å²) in [6.07, 6.45) is 0. The molecule has 0 saturated carbocycles. The van der Waals surface area contributed by atoms with Crippen LogP contribution in [0.2, 0.25) is 0 Å². The molecular formula is C14H13IO. The highest BCUT2D eigenvalue weighted by molar-refractivity contribution is 14.1. The maximum Gasteiger partial charge on any atom is 0.120 e. The fourth-order valence-electron chi connectivity index (χ4n) is 1.40. The molecular weight excluding hydrogens is 311 g/mol. The molecule has 0 fully saturated rings. The normalized spacial score (nSPS) is 10.1. The number of hydrogen-bond donors (Lipinski definition) is 0. The predicted molar refractivity (Wildman–Crippen MR) is 74.7 cm³/mol. The Hall–Kier alpha value is -1.03. The van der Waals surface area contributed by atoms with E-state index in [1.807, 2.05) is 24.3 Å². The van der Waals surface area contributed by atoms with Gasteiger partial charge in [-0.3, -0.25) is 0 Å². The van der Waals surface area contributed by atoms with Gasteiger partial charge in [0.15, 0.2) is 0 Å². The molecule has 0 aliphatic carbocycles. The van der Waals surface area contributed by atoms with Gasteiger partial charge in [0.1, 0.15) is 12.4 Å². The molecule has 0 spiro atoms. The van der Waals surface area contributed by atoms with Gasteiger partial charge in [-0.1, -0.05) is 36.4 Å². The minimum Gasteiger partial charge on any atom is -0.489 e. The molecule has 0 aromatic heterocycles. The Bertz CT molecular complexity index is 465. The van der Waals surface area contributed by atoms with E-state index in [0.717, 1.165) is 5.75 Å². The van der Waals surface area contributed by atoms with E-state index in [2.05, 4.69) is 53.8 Å². The van der Waals surface area contributed by atoms with Crippen molar-refractivity contribution in [3.05, 3.63) is 63.2 Å². The van der Waals surface area contributed by atoms with E-state index >= 15 is 0 Å². The Morgan fingerprint density at radius 1 is 1.06 bits per heavy atom. The number of ether oxygens (including phenoxy) is 1. The summed E-state index contributed by atoms with van der Waals surface area (Å²) in [7, 11) is 0. The molecule has 0 N–H and O–H groups in total. The second kappa shape index (κ2) is 5.34. The van der Waals surface area contributed by atoms with Crippen LogP contribution >= 0.6 is 22.6 Å². The summed E-state index contributed by atoms with van der Waals surface area (Å²) in [5.74, 6) is 0.929. The summed E-state index contributed by atoms with van der Waals surface area (Å²) in [4.78, 5) is 0. The van der Waals surface area contributed by atoms with Crippen molar-refractivity contribution >= 4 is 22.6 Å². The van der Waals surface area contributed by atoms with Gasteiger partial charge in [0.2, 0.25) is 0 Å². The molecule has 2 rings (SSSR count). The van der Waals surface area contributed by atoms with Gasteiger partial charge in [-0.25, -0.2) is 0 Å². The first-order valence-electron chi connectivity index (χ1n) is 5.18. The number of hydrogen-bond acceptors (Lipinski definition) is 1. The smallest absolute Gasteiger partial charge is 0.120 e. The van der Waals surface area contributed by atoms with E-state index in [0.29, 0.717) is 6.61 Å². The molecule has 0 bridgehead atoms. The number of benzene rings is 2. The predicted octanol–water partition coefficient (Wildman–Crippen LogP) is 4.18. The minimum absolute atomic E-state index is 0.625. The first-order chi connectivity index (χ1) is 7.75. The van der Waals surface area contributed by atoms with Crippen LogP contribution in [0.5, 0.6) is 5.75 Å². The molecule has 2 heteroatoms. The second-order valence-corrected chi connectivity index (χ2v) is 4.85. The summed E-state index contributed by atoms with van der Waals surface area (Å²) in [6.45, 7) is 2.72. The minimum atomic E-state index is 0.625. The maximum absolute atomic E-state index is 5.72. The van der Waals surface area contributed by atoms with Gasteiger partial charge in [-0.05, 0) is 52.8 Å². The lowest BCUT2D eigenvalue weighted by atomic mass is 10.2. The number of halogens is 1. The standard InChI is InChI=1S/C14H13IO/c1-11-7-8-13(9-14(11)15)16-10-12-5-3-2-4-6-12/h2-9H,10H2,1H3. The van der Waals surface area contributed by atoms with Gasteiger partial charge < -0.3 is 4.74 Å². The van der Waals surface area contributed by atoms with Crippen LogP contribution < -0.4 is 4.74 Å². The van der Waals surface area contributed by atoms with Crippen LogP contribution in [0.25, 0.3) is 0 Å². The van der Waals surface area contributed by atoms with E-state index in [1.54, 1.807) is 0 Å². The van der Waals surface area contributed by atoms with Crippen molar-refractivity contribution in [2.75, 3.05) is 0 Å². The summed E-state index contributed by atoms with van der Waals surface area (Å²) >= 11 is 2.32. The van der Waals surface area contributed by atoms with Gasteiger partial charge in [0, 0.05) is 3.57 Å². The summed E-state index contributed by atoms with van der Waals surface area (Å²) in [5, 5.41) is 0. The van der Waals surface area contributed by atoms with Gasteiger partial charge in [-0.15, -0.1) is 0 Å². The third kappa shape index (κ3) is 2.98. The van der Waals surface area contributed by atoms with Gasteiger partial charge >= 0.3 is 0 Å². The zero-order valence-corrected chi connectivity index (χ0v) is 11.3. The van der Waals surface area contributed by atoms with Crippen molar-refractivity contribution in [2.24, 2.45) is 0 Å². The summed E-state index contributed by atoms with van der Waals surface area (Å²) in [5.41, 5.74) is 2.48. The third-order valence-electron chi connectivity index (χ3n) is 2.39. The molecule has 0 unspecified atom stereocenters. The molecule has 0 atom stereocenters. The Labute approximate surface area is 110 Å². The van der Waals surface area contributed by atoms with Crippen molar-refractivity contribution in [2.45, 2.75) is 13.5 Å². The summed E-state index contributed by atoms with van der Waals surface area (Å²) < 4.78 is 6.96. The first kappa shape index (κ1) is 11.5. The Morgan fingerprint density at radius 2 is 1.81 bits per heavy atom. The van der Waals surface area contributed by atoms with Gasteiger partial charge in [0.05, 0.1) is 0 Å². The monoisotopic (exact) mass is 324 g/mol. The highest BCUT2D eigenvalue weighted by Gasteiger charge is 1.98. The molecule has 2 aromatic rings. The van der Waals surface area contributed by atoms with Crippen LogP contribution in [0.1, 0.15) is 11.1 Å². The van der Waals surface area contributed by atoms with Crippen LogP contribution in [0.15, 0.2) is 48.5 Å². The molecule has 0 aliphatic heterocycles. The van der Waals surface area contributed by atoms with Crippen molar-refractivity contribution in [1.29, 1.82) is 0 Å². The van der Waals surface area contributed by atoms with E-state index in [4.69, 9.17) is 4.74 Å². The van der Waals surface area contributed by atoms with Crippen LogP contribution in [-0.4, -0.2) is 0 Å². The molecule has 16 heavy (non-hydrogen) atoms. The van der Waals surface area contributed by atoms with E-state index in [1.165, 1.54) is 14.7 Å². The zero-order chi connectivity index (χ0) is 11.4. The zero-order valence-electron chi connectivity index (χ0n) is 9.11. The Kier molecular flexibility index (Phi) is 3.83. The average Bonchev–Trinajstić information content (AvgIpc) is 2.32. The second-order valence-electron chi connectivity index (χ2n) is 3.69. The molecule has 0 aliphatic rings. The van der Waals surface area contributed by atoms with Crippen molar-refractivity contribution in [1.82, 2.24) is 0 Å². The maximum atomic E-state index is 5.72. The van der Waals surface area contributed by atoms with Crippen LogP contribution in [0, 0.1) is 10.5 Å². The van der Waals surface area contributed by atoms with Crippen LogP contribution in [0.3, 0.4) is 0 Å². The SMILES string of the molecule is Cc1ccc(OCc2ccccc2)cc1I. The molecule has 82 valence electrons. The van der Waals surface area contributed by atoms with E-state index < -0.39 is 0 Å². The Balaban J connectivity index is 2.03. The molecule has 2 aromatic carbocycles. The van der Waals surface area contributed by atoms with Crippen LogP contribution in [0.4, 0.5) is 0 Å². The van der Waals surface area contributed by atoms with Crippen molar-refractivity contribution in [3.8, 4) is 5.75 Å². The van der Waals surface area contributed by atoms with E-state index in [-0.39, 0.29) is 0 Å². The summed E-state index contributed by atoms with van der Waals surface area (Å²) in [6, 6.07) is 16.4. The fourth-order valence-corrected chi connectivity index (χ4v) is 1.89. The first-order valence-corrected chi connectivity index (χ1v) is 6.26. The molecule has 0 saturated heterocycles. The lowest BCUT2D eigenvalue weighted by Gasteiger charge is -2.07. The highest BCUT2D eigenvalue weighted by atomic mass is 127. The van der Waals surface area contributed by atoms with Gasteiger partial charge in [-0.2, -0.15) is 0 Å². The fraction of sp³-hybridized carbons (Fsp3) is 0.143. The van der Waals surface area contributed by atoms with Crippen molar-refractivity contribution < 1.29 is 4.74 Å². The third-order valence-corrected chi connectivity index (χ3v) is 3.55. The molecule has 0 amide bonds. The lowest BCUT2D eigenvalue weighted by Crippen LogP contribution is -1.95. The largest absolute Gasteiger partial charge is 0.489 e. The van der Waals surface area contributed by atoms with Crippen LogP contribution in [-0.2, 0) is 6.61 Å². The lowest BCUT2D eigenvalue weighted by molar-refractivity contribution is 0.306. The van der Waals surface area contributed by atoms with Crippen molar-refractivity contribution in [3.63, 3.8) is 0 Å². The molecule has 0 heterocycles. The molecule has 1 nitrogen and oxygen atoms in total. The topological polar surface area (TPSA) is 9.23 Å². The molecule has 0 radical (unpaired) electrons. The number of rotatable bonds is 3. The Morgan fingerprint density at radius 3 is 2.50 bits per heavy atom. The quantitative estimate of drug-likeness (QED) is 0.770. The highest BCUT2D eigenvalue weighted by Crippen LogP contribution is 2.19. The average molecular weight is 324 g/mol. The number of aryl methyl sites for hydroxylation is 1. The van der Waals surface area contributed by atoms with E-state index in [9.17, 15) is 0 Å². The van der Waals surface area contributed by atoms with Gasteiger partial charge in [0.25, 0.3) is 0 Å².